The summed E-state index contributed by atoms with van der Waals surface area (Å²) in [4.78, 5) is 1.02. The predicted octanol–water partition coefficient (Wildman–Crippen LogP) is 4.20. The number of aryl methyl sites for hydroxylation is 1. The summed E-state index contributed by atoms with van der Waals surface area (Å²) >= 11 is 4.08. The Bertz CT molecular complexity index is 309. The minimum absolute atomic E-state index is 0. The standard InChI is InChI=1S/C7H8.C6H6S.2H2S/c1-7-5-3-2-4-6-7;7-6-4-2-1-3-5-6;;/h2-6H,1H3;1-5,7H;2*1H2. The van der Waals surface area contributed by atoms with Gasteiger partial charge in [-0.05, 0) is 19.1 Å². The highest BCUT2D eigenvalue weighted by Crippen LogP contribution is 2.00. The first-order valence-electron chi connectivity index (χ1n) is 4.54. The minimum atomic E-state index is 0. The Kier molecular flexibility index (Phi) is 12.3. The Hall–Kier alpha value is -0.510. The van der Waals surface area contributed by atoms with Gasteiger partial charge in [0.05, 0.1) is 0 Å². The minimum Gasteiger partial charge on any atom is -0.197 e. The predicted molar refractivity (Wildman–Crippen MR) is 85.6 cm³/mol. The third-order valence-corrected chi connectivity index (χ3v) is 1.99. The van der Waals surface area contributed by atoms with Crippen LogP contribution in [-0.2, 0) is 0 Å². The molecule has 0 unspecified atom stereocenters. The normalized spacial score (nSPS) is 7.62. The monoisotopic (exact) mass is 270 g/mol. The van der Waals surface area contributed by atoms with Gasteiger partial charge in [-0.1, -0.05) is 54.1 Å². The summed E-state index contributed by atoms with van der Waals surface area (Å²) in [6.45, 7) is 2.08. The van der Waals surface area contributed by atoms with Gasteiger partial charge in [0.2, 0.25) is 0 Å². The molecule has 0 radical (unpaired) electrons. The number of thiol groups is 1. The van der Waals surface area contributed by atoms with E-state index in [9.17, 15) is 0 Å². The maximum Gasteiger partial charge on any atom is 0.00399 e. The van der Waals surface area contributed by atoms with E-state index in [-0.39, 0.29) is 27.0 Å². The van der Waals surface area contributed by atoms with E-state index in [0.717, 1.165) is 4.90 Å². The van der Waals surface area contributed by atoms with E-state index in [1.54, 1.807) is 0 Å². The van der Waals surface area contributed by atoms with E-state index in [1.165, 1.54) is 5.56 Å². The second-order valence-corrected chi connectivity index (χ2v) is 3.51. The first-order valence-corrected chi connectivity index (χ1v) is 4.99. The first kappa shape index (κ1) is 17.9. The van der Waals surface area contributed by atoms with Crippen molar-refractivity contribution < 1.29 is 0 Å². The summed E-state index contributed by atoms with van der Waals surface area (Å²) in [7, 11) is 0. The highest BCUT2D eigenvalue weighted by atomic mass is 32.1. The van der Waals surface area contributed by atoms with Gasteiger partial charge >= 0.3 is 0 Å². The highest BCUT2D eigenvalue weighted by molar-refractivity contribution is 7.80. The van der Waals surface area contributed by atoms with Crippen LogP contribution in [-0.4, -0.2) is 0 Å². The molecular weight excluding hydrogens is 252 g/mol. The van der Waals surface area contributed by atoms with Crippen LogP contribution in [0.4, 0.5) is 0 Å². The average Bonchev–Trinajstić information content (AvgIpc) is 2.21. The fourth-order valence-corrected chi connectivity index (χ4v) is 1.13. The van der Waals surface area contributed by atoms with E-state index in [0.29, 0.717) is 0 Å². The summed E-state index contributed by atoms with van der Waals surface area (Å²) < 4.78 is 0. The second-order valence-electron chi connectivity index (χ2n) is 2.99. The Balaban J connectivity index is 0. The van der Waals surface area contributed by atoms with Gasteiger partial charge < -0.3 is 0 Å². The van der Waals surface area contributed by atoms with Crippen molar-refractivity contribution in [3.63, 3.8) is 0 Å². The number of rotatable bonds is 0. The highest BCUT2D eigenvalue weighted by Gasteiger charge is 1.73. The van der Waals surface area contributed by atoms with Gasteiger partial charge in [0.15, 0.2) is 0 Å². The molecule has 0 nitrogen and oxygen atoms in total. The van der Waals surface area contributed by atoms with Crippen LogP contribution in [0, 0.1) is 6.92 Å². The second kappa shape index (κ2) is 11.0. The molecule has 3 heteroatoms. The van der Waals surface area contributed by atoms with E-state index < -0.39 is 0 Å². The third kappa shape index (κ3) is 8.77. The van der Waals surface area contributed by atoms with Crippen molar-refractivity contribution in [2.24, 2.45) is 0 Å². The number of hydrogen-bond donors (Lipinski definition) is 1. The van der Waals surface area contributed by atoms with Gasteiger partial charge in [-0.2, -0.15) is 27.0 Å². The quantitative estimate of drug-likeness (QED) is 0.682. The summed E-state index contributed by atoms with van der Waals surface area (Å²) in [5, 5.41) is 0. The molecule has 0 N–H and O–H groups in total. The number of benzene rings is 2. The van der Waals surface area contributed by atoms with Crippen molar-refractivity contribution >= 4 is 39.6 Å². The Morgan fingerprint density at radius 1 is 0.688 bits per heavy atom. The maximum absolute atomic E-state index is 4.08. The molecule has 0 fully saturated rings. The molecule has 2 aromatic rings. The summed E-state index contributed by atoms with van der Waals surface area (Å²) in [5.41, 5.74) is 1.32. The molecule has 2 rings (SSSR count). The SMILES string of the molecule is Cc1ccccc1.S.S.Sc1ccccc1. The third-order valence-electron chi connectivity index (χ3n) is 1.70. The van der Waals surface area contributed by atoms with Crippen molar-refractivity contribution in [2.45, 2.75) is 11.8 Å². The van der Waals surface area contributed by atoms with Crippen molar-refractivity contribution in [1.82, 2.24) is 0 Å². The zero-order valence-corrected chi connectivity index (χ0v) is 12.1. The molecule has 88 valence electrons. The maximum atomic E-state index is 4.08. The molecule has 0 spiro atoms. The molecule has 0 heterocycles. The topological polar surface area (TPSA) is 0 Å². The Morgan fingerprint density at radius 3 is 1.25 bits per heavy atom. The van der Waals surface area contributed by atoms with Crippen molar-refractivity contribution in [2.75, 3.05) is 0 Å². The lowest BCUT2D eigenvalue weighted by Gasteiger charge is -1.82. The van der Waals surface area contributed by atoms with E-state index in [1.807, 2.05) is 48.5 Å². The molecule has 16 heavy (non-hydrogen) atoms. The van der Waals surface area contributed by atoms with Crippen LogP contribution in [0.3, 0.4) is 0 Å². The van der Waals surface area contributed by atoms with Crippen LogP contribution in [0.25, 0.3) is 0 Å². The molecule has 2 aromatic carbocycles. The lowest BCUT2D eigenvalue weighted by atomic mass is 10.2. The molecule has 0 aliphatic carbocycles. The molecular formula is C13H18S3. The largest absolute Gasteiger partial charge is 0.197 e. The summed E-state index contributed by atoms with van der Waals surface area (Å²) in [6.07, 6.45) is 0. The molecule has 0 atom stereocenters. The Morgan fingerprint density at radius 2 is 1.06 bits per heavy atom. The van der Waals surface area contributed by atoms with Gasteiger partial charge in [0, 0.05) is 4.90 Å². The zero-order chi connectivity index (χ0) is 10.2. The van der Waals surface area contributed by atoms with Crippen LogP contribution in [0.2, 0.25) is 0 Å². The van der Waals surface area contributed by atoms with Crippen LogP contribution in [0.1, 0.15) is 5.56 Å². The lowest BCUT2D eigenvalue weighted by molar-refractivity contribution is 1.48. The smallest absolute Gasteiger partial charge is 0.00399 e. The summed E-state index contributed by atoms with van der Waals surface area (Å²) in [6, 6.07) is 20.0. The van der Waals surface area contributed by atoms with Gasteiger partial charge in [0.1, 0.15) is 0 Å². The van der Waals surface area contributed by atoms with Gasteiger partial charge in [-0.3, -0.25) is 0 Å². The van der Waals surface area contributed by atoms with Crippen LogP contribution >= 0.6 is 39.6 Å². The van der Waals surface area contributed by atoms with Crippen LogP contribution < -0.4 is 0 Å². The molecule has 0 amide bonds. The molecule has 0 saturated heterocycles. The fraction of sp³-hybridized carbons (Fsp3) is 0.0769. The molecule has 0 saturated carbocycles. The average molecular weight is 270 g/mol. The molecule has 0 aliphatic heterocycles. The van der Waals surface area contributed by atoms with Gasteiger partial charge in [-0.15, -0.1) is 12.6 Å². The Labute approximate surface area is 117 Å². The zero-order valence-electron chi connectivity index (χ0n) is 9.22. The molecule has 0 bridgehead atoms. The summed E-state index contributed by atoms with van der Waals surface area (Å²) in [5.74, 6) is 0. The van der Waals surface area contributed by atoms with E-state index in [2.05, 4.69) is 31.7 Å². The van der Waals surface area contributed by atoms with E-state index >= 15 is 0 Å². The van der Waals surface area contributed by atoms with Crippen LogP contribution in [0.15, 0.2) is 65.6 Å². The van der Waals surface area contributed by atoms with E-state index in [4.69, 9.17) is 0 Å². The molecule has 0 aliphatic rings. The van der Waals surface area contributed by atoms with Crippen LogP contribution in [0.5, 0.6) is 0 Å². The van der Waals surface area contributed by atoms with Gasteiger partial charge in [0.25, 0.3) is 0 Å². The van der Waals surface area contributed by atoms with Crippen molar-refractivity contribution in [3.8, 4) is 0 Å². The molecule has 0 aromatic heterocycles. The van der Waals surface area contributed by atoms with Crippen molar-refractivity contribution in [1.29, 1.82) is 0 Å². The van der Waals surface area contributed by atoms with Crippen molar-refractivity contribution in [3.05, 3.63) is 66.2 Å². The number of hydrogen-bond acceptors (Lipinski definition) is 1. The fourth-order valence-electron chi connectivity index (χ4n) is 0.962. The van der Waals surface area contributed by atoms with Gasteiger partial charge in [-0.25, -0.2) is 0 Å². The lowest BCUT2D eigenvalue weighted by Crippen LogP contribution is -1.62. The first-order chi connectivity index (χ1) is 6.79.